The van der Waals surface area contributed by atoms with E-state index in [0.717, 1.165) is 14.6 Å². The van der Waals surface area contributed by atoms with Crippen LogP contribution in [0.15, 0.2) is 56.4 Å². The predicted molar refractivity (Wildman–Crippen MR) is 94.7 cm³/mol. The molecule has 21 heavy (non-hydrogen) atoms. The van der Waals surface area contributed by atoms with Crippen molar-refractivity contribution in [2.24, 2.45) is 10.7 Å². The van der Waals surface area contributed by atoms with Crippen molar-refractivity contribution in [3.8, 4) is 0 Å². The van der Waals surface area contributed by atoms with Crippen LogP contribution in [-0.2, 0) is 0 Å². The van der Waals surface area contributed by atoms with Crippen molar-refractivity contribution in [3.63, 3.8) is 0 Å². The second-order valence-corrected chi connectivity index (χ2v) is 6.86. The van der Waals surface area contributed by atoms with Gasteiger partial charge in [-0.15, -0.1) is 0 Å². The molecule has 1 aliphatic rings. The summed E-state index contributed by atoms with van der Waals surface area (Å²) in [7, 11) is 0. The summed E-state index contributed by atoms with van der Waals surface area (Å²) in [6, 6.07) is 14.6. The number of anilines is 1. The van der Waals surface area contributed by atoms with Crippen molar-refractivity contribution in [1.29, 1.82) is 0 Å². The number of halogens is 2. The molecule has 2 aromatic carbocycles. The zero-order chi connectivity index (χ0) is 15.0. The largest absolute Gasteiger partial charge is 0.369 e. The van der Waals surface area contributed by atoms with Gasteiger partial charge in [0.15, 0.2) is 5.96 Å². The zero-order valence-electron chi connectivity index (χ0n) is 11.6. The fraction of sp³-hybridized carbons (Fsp3) is 0.188. The molecule has 0 radical (unpaired) electrons. The molecule has 0 bridgehead atoms. The number of nitrogens with two attached hydrogens (primary N) is 1. The number of benzene rings is 2. The van der Waals surface area contributed by atoms with Crippen molar-refractivity contribution in [2.45, 2.75) is 13.0 Å². The zero-order valence-corrected chi connectivity index (χ0v) is 14.7. The first-order valence-corrected chi connectivity index (χ1v) is 8.25. The van der Waals surface area contributed by atoms with E-state index in [2.05, 4.69) is 66.9 Å². The molecule has 1 atom stereocenters. The second kappa shape index (κ2) is 5.81. The minimum absolute atomic E-state index is 0.126. The lowest BCUT2D eigenvalue weighted by atomic mass is 10.0. The van der Waals surface area contributed by atoms with Crippen LogP contribution in [0.1, 0.15) is 17.2 Å². The SMILES string of the molecule is Cc1ccc(C2CN=C(N)N2c2ccc(Br)cc2)c(Br)c1. The monoisotopic (exact) mass is 407 g/mol. The van der Waals surface area contributed by atoms with Crippen molar-refractivity contribution >= 4 is 43.5 Å². The molecule has 1 heterocycles. The molecule has 0 aliphatic carbocycles. The van der Waals surface area contributed by atoms with Gasteiger partial charge >= 0.3 is 0 Å². The van der Waals surface area contributed by atoms with E-state index in [1.165, 1.54) is 11.1 Å². The van der Waals surface area contributed by atoms with Crippen LogP contribution < -0.4 is 10.6 Å². The van der Waals surface area contributed by atoms with Gasteiger partial charge in [-0.2, -0.15) is 0 Å². The van der Waals surface area contributed by atoms with Gasteiger partial charge in [-0.05, 0) is 48.4 Å². The van der Waals surface area contributed by atoms with Crippen LogP contribution >= 0.6 is 31.9 Å². The third-order valence-electron chi connectivity index (χ3n) is 3.60. The Morgan fingerprint density at radius 1 is 1.14 bits per heavy atom. The Bertz CT molecular complexity index is 695. The first kappa shape index (κ1) is 14.6. The highest BCUT2D eigenvalue weighted by Gasteiger charge is 2.30. The molecule has 2 aromatic rings. The number of rotatable bonds is 2. The predicted octanol–water partition coefficient (Wildman–Crippen LogP) is 4.40. The number of guanidine groups is 1. The summed E-state index contributed by atoms with van der Waals surface area (Å²) < 4.78 is 2.15. The van der Waals surface area contributed by atoms with Crippen molar-refractivity contribution in [1.82, 2.24) is 0 Å². The van der Waals surface area contributed by atoms with E-state index >= 15 is 0 Å². The third kappa shape index (κ3) is 2.85. The van der Waals surface area contributed by atoms with Crippen LogP contribution in [0.5, 0.6) is 0 Å². The molecule has 5 heteroatoms. The van der Waals surface area contributed by atoms with Gasteiger partial charge in [0, 0.05) is 14.6 Å². The summed E-state index contributed by atoms with van der Waals surface area (Å²) in [5, 5.41) is 0. The van der Waals surface area contributed by atoms with E-state index < -0.39 is 0 Å². The quantitative estimate of drug-likeness (QED) is 0.800. The molecule has 108 valence electrons. The Balaban J connectivity index is 2.00. The average Bonchev–Trinajstić information content (AvgIpc) is 2.82. The maximum atomic E-state index is 6.11. The van der Waals surface area contributed by atoms with Gasteiger partial charge in [0.25, 0.3) is 0 Å². The van der Waals surface area contributed by atoms with Crippen molar-refractivity contribution in [2.75, 3.05) is 11.4 Å². The molecule has 0 saturated heterocycles. The lowest BCUT2D eigenvalue weighted by molar-refractivity contribution is 0.764. The molecule has 0 spiro atoms. The Hall–Kier alpha value is -1.33. The van der Waals surface area contributed by atoms with Crippen LogP contribution in [0.2, 0.25) is 0 Å². The first-order chi connectivity index (χ1) is 10.1. The summed E-state index contributed by atoms with van der Waals surface area (Å²) >= 11 is 7.12. The van der Waals surface area contributed by atoms with Crippen LogP contribution in [-0.4, -0.2) is 12.5 Å². The van der Waals surface area contributed by atoms with Gasteiger partial charge < -0.3 is 10.6 Å². The molecular weight excluding hydrogens is 394 g/mol. The lowest BCUT2D eigenvalue weighted by Gasteiger charge is -2.27. The summed E-state index contributed by atoms with van der Waals surface area (Å²) in [4.78, 5) is 6.51. The second-order valence-electron chi connectivity index (χ2n) is 5.09. The van der Waals surface area contributed by atoms with E-state index in [1.807, 2.05) is 24.3 Å². The minimum Gasteiger partial charge on any atom is -0.369 e. The van der Waals surface area contributed by atoms with Crippen LogP contribution in [0, 0.1) is 6.92 Å². The van der Waals surface area contributed by atoms with E-state index in [0.29, 0.717) is 12.5 Å². The van der Waals surface area contributed by atoms with Crippen LogP contribution in [0.3, 0.4) is 0 Å². The Labute approximate surface area is 141 Å². The fourth-order valence-corrected chi connectivity index (χ4v) is 3.57. The van der Waals surface area contributed by atoms with E-state index in [4.69, 9.17) is 5.73 Å². The van der Waals surface area contributed by atoms with Gasteiger partial charge in [-0.25, -0.2) is 0 Å². The lowest BCUT2D eigenvalue weighted by Crippen LogP contribution is -2.36. The van der Waals surface area contributed by atoms with Crippen molar-refractivity contribution in [3.05, 3.63) is 62.5 Å². The third-order valence-corrected chi connectivity index (χ3v) is 4.82. The number of aliphatic imine (C=N–C) groups is 1. The molecule has 3 rings (SSSR count). The van der Waals surface area contributed by atoms with E-state index in [9.17, 15) is 0 Å². The number of nitrogens with zero attached hydrogens (tertiary/aromatic N) is 2. The fourth-order valence-electron chi connectivity index (χ4n) is 2.55. The molecule has 0 saturated carbocycles. The minimum atomic E-state index is 0.126. The van der Waals surface area contributed by atoms with Gasteiger partial charge in [0.05, 0.1) is 12.6 Å². The van der Waals surface area contributed by atoms with Gasteiger partial charge in [0.2, 0.25) is 0 Å². The molecule has 0 amide bonds. The van der Waals surface area contributed by atoms with E-state index in [1.54, 1.807) is 0 Å². The molecule has 1 aliphatic heterocycles. The smallest absolute Gasteiger partial charge is 0.196 e. The Morgan fingerprint density at radius 3 is 2.52 bits per heavy atom. The number of aryl methyl sites for hydroxylation is 1. The van der Waals surface area contributed by atoms with E-state index in [-0.39, 0.29) is 6.04 Å². The summed E-state index contributed by atoms with van der Waals surface area (Å²) in [6.07, 6.45) is 0. The van der Waals surface area contributed by atoms with Crippen LogP contribution in [0.25, 0.3) is 0 Å². The molecule has 2 N–H and O–H groups in total. The Kier molecular flexibility index (Phi) is 4.04. The highest BCUT2D eigenvalue weighted by atomic mass is 79.9. The highest BCUT2D eigenvalue weighted by Crippen LogP contribution is 2.35. The molecule has 3 nitrogen and oxygen atoms in total. The Morgan fingerprint density at radius 2 is 1.86 bits per heavy atom. The normalized spacial score (nSPS) is 18.0. The topological polar surface area (TPSA) is 41.6 Å². The molecule has 0 aromatic heterocycles. The van der Waals surface area contributed by atoms with Gasteiger partial charge in [-0.1, -0.05) is 44.0 Å². The van der Waals surface area contributed by atoms with Crippen LogP contribution in [0.4, 0.5) is 5.69 Å². The van der Waals surface area contributed by atoms with Crippen molar-refractivity contribution < 1.29 is 0 Å². The molecular formula is C16H15Br2N3. The first-order valence-electron chi connectivity index (χ1n) is 6.67. The maximum Gasteiger partial charge on any atom is 0.196 e. The number of hydrogen-bond acceptors (Lipinski definition) is 3. The summed E-state index contributed by atoms with van der Waals surface area (Å²) in [6.45, 7) is 2.75. The summed E-state index contributed by atoms with van der Waals surface area (Å²) in [5.41, 5.74) is 9.59. The maximum absolute atomic E-state index is 6.11. The standard InChI is InChI=1S/C16H15Br2N3/c1-10-2-7-13(14(18)8-10)15-9-20-16(19)21(15)12-5-3-11(17)4-6-12/h2-8,15H,9H2,1H3,(H2,19,20). The average molecular weight is 409 g/mol. The molecule has 1 unspecified atom stereocenters. The van der Waals surface area contributed by atoms with Gasteiger partial charge in [0.1, 0.15) is 0 Å². The number of hydrogen-bond donors (Lipinski definition) is 1. The highest BCUT2D eigenvalue weighted by molar-refractivity contribution is 9.10. The molecule has 0 fully saturated rings. The van der Waals surface area contributed by atoms with Gasteiger partial charge in [-0.3, -0.25) is 4.99 Å². The summed E-state index contributed by atoms with van der Waals surface area (Å²) in [5.74, 6) is 0.565.